The van der Waals surface area contributed by atoms with Crippen LogP contribution in [0.1, 0.15) is 38.9 Å². The van der Waals surface area contributed by atoms with E-state index in [2.05, 4.69) is 118 Å². The molecule has 0 heterocycles. The van der Waals surface area contributed by atoms with E-state index in [0.717, 1.165) is 6.42 Å². The first-order valence-electron chi connectivity index (χ1n) is 11.0. The lowest BCUT2D eigenvalue weighted by atomic mass is 10.1. The predicted octanol–water partition coefficient (Wildman–Crippen LogP) is 5.90. The van der Waals surface area contributed by atoms with Gasteiger partial charge in [-0.2, -0.15) is 0 Å². The lowest BCUT2D eigenvalue weighted by Crippen LogP contribution is -2.66. The van der Waals surface area contributed by atoms with Crippen LogP contribution in [0.3, 0.4) is 0 Å². The van der Waals surface area contributed by atoms with Crippen molar-refractivity contribution in [1.29, 1.82) is 0 Å². The first-order chi connectivity index (χ1) is 15.0. The highest BCUT2D eigenvalue weighted by Gasteiger charge is 2.49. The fraction of sp³-hybridized carbons (Fsp3) is 0.286. The van der Waals surface area contributed by atoms with Gasteiger partial charge in [0, 0.05) is 7.11 Å². The zero-order valence-electron chi connectivity index (χ0n) is 19.1. The Morgan fingerprint density at radius 2 is 1.23 bits per heavy atom. The van der Waals surface area contributed by atoms with E-state index in [4.69, 9.17) is 9.16 Å². The van der Waals surface area contributed by atoms with Crippen molar-refractivity contribution in [3.05, 3.63) is 109 Å². The fourth-order valence-corrected chi connectivity index (χ4v) is 8.76. The van der Waals surface area contributed by atoms with Gasteiger partial charge in [0.2, 0.25) is 0 Å². The van der Waals surface area contributed by atoms with Crippen molar-refractivity contribution in [2.75, 3.05) is 13.7 Å². The molecule has 3 aromatic carbocycles. The molecule has 0 aromatic heterocycles. The standard InChI is InChI=1S/C28H34O2Si/c1-28(2,3)31(25-18-10-6-11-19-25,26-20-12-7-13-21-26)30-23-15-14-22-27(29-4)24-16-8-5-9-17-24/h5-21,27H,22-23H2,1-4H3/b15-14+/t27-/m1/s1. The molecule has 0 aliphatic heterocycles. The van der Waals surface area contributed by atoms with Crippen LogP contribution in [0.15, 0.2) is 103 Å². The third-order valence-electron chi connectivity index (χ3n) is 5.79. The number of methoxy groups -OCH3 is 1. The van der Waals surface area contributed by atoms with Crippen LogP contribution in [0.25, 0.3) is 0 Å². The highest BCUT2D eigenvalue weighted by Crippen LogP contribution is 2.36. The molecule has 0 bridgehead atoms. The lowest BCUT2D eigenvalue weighted by Gasteiger charge is -2.42. The van der Waals surface area contributed by atoms with Crippen LogP contribution >= 0.6 is 0 Å². The highest BCUT2D eigenvalue weighted by molar-refractivity contribution is 6.99. The van der Waals surface area contributed by atoms with Gasteiger partial charge < -0.3 is 9.16 Å². The van der Waals surface area contributed by atoms with Crippen LogP contribution in [0.2, 0.25) is 5.04 Å². The van der Waals surface area contributed by atoms with Crippen molar-refractivity contribution in [2.24, 2.45) is 0 Å². The molecule has 0 radical (unpaired) electrons. The van der Waals surface area contributed by atoms with Crippen LogP contribution in [0, 0.1) is 0 Å². The zero-order valence-corrected chi connectivity index (χ0v) is 20.1. The van der Waals surface area contributed by atoms with Crippen LogP contribution in [-0.2, 0) is 9.16 Å². The van der Waals surface area contributed by atoms with Gasteiger partial charge in [0.1, 0.15) is 0 Å². The SMILES string of the molecule is CO[C@H](C/C=C/CO[Si](c1ccccc1)(c1ccccc1)C(C)(C)C)c1ccccc1. The molecule has 31 heavy (non-hydrogen) atoms. The van der Waals surface area contributed by atoms with Crippen LogP contribution in [-0.4, -0.2) is 22.0 Å². The summed E-state index contributed by atoms with van der Waals surface area (Å²) in [6.45, 7) is 7.50. The van der Waals surface area contributed by atoms with E-state index in [9.17, 15) is 0 Å². The summed E-state index contributed by atoms with van der Waals surface area (Å²) in [5.41, 5.74) is 1.20. The van der Waals surface area contributed by atoms with E-state index >= 15 is 0 Å². The molecule has 0 saturated heterocycles. The normalized spacial score (nSPS) is 13.4. The number of hydrogen-bond donors (Lipinski definition) is 0. The van der Waals surface area contributed by atoms with Gasteiger partial charge in [-0.05, 0) is 27.4 Å². The summed E-state index contributed by atoms with van der Waals surface area (Å²) < 4.78 is 12.6. The molecule has 0 saturated carbocycles. The predicted molar refractivity (Wildman–Crippen MR) is 134 cm³/mol. The molecular formula is C28H34O2Si. The van der Waals surface area contributed by atoms with Gasteiger partial charge in [0.25, 0.3) is 8.32 Å². The van der Waals surface area contributed by atoms with Gasteiger partial charge in [-0.3, -0.25) is 0 Å². The largest absolute Gasteiger partial charge is 0.404 e. The summed E-state index contributed by atoms with van der Waals surface area (Å²) in [4.78, 5) is 0. The minimum Gasteiger partial charge on any atom is -0.404 e. The van der Waals surface area contributed by atoms with E-state index < -0.39 is 8.32 Å². The Bertz CT molecular complexity index is 892. The second-order valence-electron chi connectivity index (χ2n) is 8.82. The summed E-state index contributed by atoms with van der Waals surface area (Å²) in [6.07, 6.45) is 5.21. The van der Waals surface area contributed by atoms with Gasteiger partial charge in [-0.1, -0.05) is 124 Å². The molecule has 0 spiro atoms. The van der Waals surface area contributed by atoms with Gasteiger partial charge in [-0.25, -0.2) is 0 Å². The van der Waals surface area contributed by atoms with Gasteiger partial charge in [0.05, 0.1) is 12.7 Å². The van der Waals surface area contributed by atoms with E-state index in [1.807, 2.05) is 6.07 Å². The molecule has 0 fully saturated rings. The molecule has 2 nitrogen and oxygen atoms in total. The van der Waals surface area contributed by atoms with Gasteiger partial charge >= 0.3 is 0 Å². The van der Waals surface area contributed by atoms with Crippen molar-refractivity contribution >= 4 is 18.7 Å². The maximum Gasteiger partial charge on any atom is 0.261 e. The van der Waals surface area contributed by atoms with E-state index in [1.165, 1.54) is 15.9 Å². The van der Waals surface area contributed by atoms with Crippen molar-refractivity contribution < 1.29 is 9.16 Å². The quantitative estimate of drug-likeness (QED) is 0.311. The number of ether oxygens (including phenoxy) is 1. The average molecular weight is 431 g/mol. The summed E-state index contributed by atoms with van der Waals surface area (Å²) in [6, 6.07) is 31.9. The molecule has 3 rings (SSSR count). The Morgan fingerprint density at radius 3 is 1.68 bits per heavy atom. The molecular weight excluding hydrogens is 396 g/mol. The monoisotopic (exact) mass is 430 g/mol. The van der Waals surface area contributed by atoms with E-state index in [-0.39, 0.29) is 11.1 Å². The second-order valence-corrected chi connectivity index (χ2v) is 13.1. The Kier molecular flexibility index (Phi) is 8.02. The van der Waals surface area contributed by atoms with Crippen LogP contribution in [0.4, 0.5) is 0 Å². The first kappa shape index (κ1) is 23.2. The summed E-state index contributed by atoms with van der Waals surface area (Å²) in [7, 11) is -0.713. The molecule has 0 N–H and O–H groups in total. The van der Waals surface area contributed by atoms with Crippen LogP contribution in [0.5, 0.6) is 0 Å². The molecule has 0 amide bonds. The molecule has 0 aliphatic rings. The zero-order chi connectivity index (χ0) is 22.2. The fourth-order valence-electron chi connectivity index (χ4n) is 4.26. The van der Waals surface area contributed by atoms with Crippen LogP contribution < -0.4 is 10.4 Å². The topological polar surface area (TPSA) is 18.5 Å². The summed E-state index contributed by atoms with van der Waals surface area (Å²) in [5.74, 6) is 0. The van der Waals surface area contributed by atoms with Crippen molar-refractivity contribution in [3.63, 3.8) is 0 Å². The van der Waals surface area contributed by atoms with E-state index in [1.54, 1.807) is 7.11 Å². The number of rotatable bonds is 9. The third-order valence-corrected chi connectivity index (χ3v) is 10.8. The maximum atomic E-state index is 6.90. The molecule has 1 atom stereocenters. The van der Waals surface area contributed by atoms with Crippen molar-refractivity contribution in [1.82, 2.24) is 0 Å². The van der Waals surface area contributed by atoms with E-state index in [0.29, 0.717) is 6.61 Å². The minimum atomic E-state index is -2.48. The summed E-state index contributed by atoms with van der Waals surface area (Å²) in [5, 5.41) is 2.60. The minimum absolute atomic E-state index is 0.0113. The van der Waals surface area contributed by atoms with Gasteiger partial charge in [0.15, 0.2) is 0 Å². The van der Waals surface area contributed by atoms with Crippen molar-refractivity contribution in [2.45, 2.75) is 38.3 Å². The van der Waals surface area contributed by atoms with Gasteiger partial charge in [-0.15, -0.1) is 0 Å². The summed E-state index contributed by atoms with van der Waals surface area (Å²) >= 11 is 0. The third kappa shape index (κ3) is 5.42. The maximum absolute atomic E-state index is 6.90. The molecule has 162 valence electrons. The number of benzene rings is 3. The molecule has 3 aromatic rings. The first-order valence-corrected chi connectivity index (χ1v) is 12.9. The molecule has 3 heteroatoms. The molecule has 0 aliphatic carbocycles. The lowest BCUT2D eigenvalue weighted by molar-refractivity contribution is 0.106. The highest BCUT2D eigenvalue weighted by atomic mass is 28.4. The number of hydrogen-bond acceptors (Lipinski definition) is 2. The Balaban J connectivity index is 1.82. The average Bonchev–Trinajstić information content (AvgIpc) is 2.80. The smallest absolute Gasteiger partial charge is 0.261 e. The Labute approximate surface area is 188 Å². The Morgan fingerprint density at radius 1 is 0.742 bits per heavy atom. The Hall–Kier alpha value is -2.46. The molecule has 0 unspecified atom stereocenters. The second kappa shape index (κ2) is 10.7. The van der Waals surface area contributed by atoms with Crippen molar-refractivity contribution in [3.8, 4) is 0 Å².